The molecule has 0 heterocycles. The van der Waals surface area contributed by atoms with Crippen LogP contribution in [-0.2, 0) is 12.7 Å². The molecule has 0 amide bonds. The highest BCUT2D eigenvalue weighted by atomic mass is 19.4. The molecule has 2 rings (SSSR count). The third-order valence-corrected chi connectivity index (χ3v) is 4.13. The summed E-state index contributed by atoms with van der Waals surface area (Å²) in [6, 6.07) is 2.85. The van der Waals surface area contributed by atoms with E-state index >= 15 is 0 Å². The van der Waals surface area contributed by atoms with Gasteiger partial charge in [0.25, 0.3) is 0 Å². The predicted octanol–water partition coefficient (Wildman–Crippen LogP) is 4.90. The van der Waals surface area contributed by atoms with Crippen molar-refractivity contribution in [3.63, 3.8) is 0 Å². The Labute approximate surface area is 122 Å². The Morgan fingerprint density at radius 3 is 2.52 bits per heavy atom. The molecule has 0 spiro atoms. The summed E-state index contributed by atoms with van der Waals surface area (Å²) in [5.74, 6) is -0.0596. The zero-order chi connectivity index (χ0) is 15.3. The molecule has 0 bridgehead atoms. The van der Waals surface area contributed by atoms with E-state index in [0.29, 0.717) is 12.6 Å². The fourth-order valence-electron chi connectivity index (χ4n) is 3.00. The molecule has 0 saturated heterocycles. The van der Waals surface area contributed by atoms with E-state index in [9.17, 15) is 17.6 Å². The molecule has 1 fully saturated rings. The van der Waals surface area contributed by atoms with Crippen molar-refractivity contribution in [2.75, 3.05) is 6.54 Å². The van der Waals surface area contributed by atoms with Gasteiger partial charge in [0.2, 0.25) is 0 Å². The van der Waals surface area contributed by atoms with Crippen LogP contribution in [0.1, 0.15) is 49.7 Å². The lowest BCUT2D eigenvalue weighted by molar-refractivity contribution is -0.138. The average Bonchev–Trinajstić information content (AvgIpc) is 2.92. The smallest absolute Gasteiger partial charge is 0.313 e. The lowest BCUT2D eigenvalue weighted by Crippen LogP contribution is -2.19. The molecule has 1 nitrogen and oxygen atoms in total. The molecule has 1 aliphatic carbocycles. The van der Waals surface area contributed by atoms with E-state index < -0.39 is 17.6 Å². The van der Waals surface area contributed by atoms with Gasteiger partial charge >= 0.3 is 6.18 Å². The zero-order valence-corrected chi connectivity index (χ0v) is 12.0. The summed E-state index contributed by atoms with van der Waals surface area (Å²) < 4.78 is 51.4. The van der Waals surface area contributed by atoms with Crippen molar-refractivity contribution in [3.8, 4) is 0 Å². The highest BCUT2D eigenvalue weighted by molar-refractivity contribution is 5.30. The molecule has 1 aromatic carbocycles. The van der Waals surface area contributed by atoms with Crippen LogP contribution < -0.4 is 5.32 Å². The zero-order valence-electron chi connectivity index (χ0n) is 12.0. The second-order valence-corrected chi connectivity index (χ2v) is 5.77. The highest BCUT2D eigenvalue weighted by Crippen LogP contribution is 2.32. The quantitative estimate of drug-likeness (QED) is 0.582. The number of rotatable bonds is 6. The summed E-state index contributed by atoms with van der Waals surface area (Å²) >= 11 is 0. The molecule has 1 aliphatic rings. The minimum absolute atomic E-state index is 0.102. The van der Waals surface area contributed by atoms with E-state index in [2.05, 4.69) is 5.32 Å². The van der Waals surface area contributed by atoms with Crippen molar-refractivity contribution in [1.82, 2.24) is 5.32 Å². The van der Waals surface area contributed by atoms with Crippen LogP contribution in [0.4, 0.5) is 17.6 Å². The molecule has 0 aromatic heterocycles. The third-order valence-electron chi connectivity index (χ3n) is 4.13. The molecule has 1 N–H and O–H groups in total. The molecule has 118 valence electrons. The van der Waals surface area contributed by atoms with Gasteiger partial charge in [-0.15, -0.1) is 0 Å². The van der Waals surface area contributed by atoms with Crippen molar-refractivity contribution in [1.29, 1.82) is 0 Å². The predicted molar refractivity (Wildman–Crippen MR) is 74.3 cm³/mol. The summed E-state index contributed by atoms with van der Waals surface area (Å²) in [5, 5.41) is 3.04. The maximum Gasteiger partial charge on any atom is 0.416 e. The first-order valence-corrected chi connectivity index (χ1v) is 7.53. The van der Waals surface area contributed by atoms with Crippen molar-refractivity contribution in [3.05, 3.63) is 35.1 Å². The first kappa shape index (κ1) is 16.3. The summed E-state index contributed by atoms with van der Waals surface area (Å²) in [6.45, 7) is 0.824. The molecule has 0 aliphatic heterocycles. The summed E-state index contributed by atoms with van der Waals surface area (Å²) in [5.41, 5.74) is -0.782. The molecule has 21 heavy (non-hydrogen) atoms. The van der Waals surface area contributed by atoms with E-state index in [1.807, 2.05) is 0 Å². The Bertz CT molecular complexity index is 450. The minimum Gasteiger partial charge on any atom is -0.313 e. The van der Waals surface area contributed by atoms with Gasteiger partial charge in [0.15, 0.2) is 0 Å². The van der Waals surface area contributed by atoms with Crippen LogP contribution in [-0.4, -0.2) is 6.54 Å². The van der Waals surface area contributed by atoms with Crippen molar-refractivity contribution < 1.29 is 17.6 Å². The summed E-state index contributed by atoms with van der Waals surface area (Å²) in [4.78, 5) is 0. The summed E-state index contributed by atoms with van der Waals surface area (Å²) in [6.07, 6.45) is 2.80. The van der Waals surface area contributed by atoms with Gasteiger partial charge in [0, 0.05) is 6.54 Å². The van der Waals surface area contributed by atoms with Crippen LogP contribution in [0.15, 0.2) is 18.2 Å². The Morgan fingerprint density at radius 1 is 1.14 bits per heavy atom. The lowest BCUT2D eigenvalue weighted by Gasteiger charge is -2.14. The SMILES string of the molecule is Fc1ccc(CNCCCC2CCCC2)c(C(F)(F)F)c1. The number of hydrogen-bond acceptors (Lipinski definition) is 1. The van der Waals surface area contributed by atoms with E-state index in [-0.39, 0.29) is 12.1 Å². The van der Waals surface area contributed by atoms with Gasteiger partial charge in [-0.05, 0) is 43.0 Å². The fourth-order valence-corrected chi connectivity index (χ4v) is 3.00. The molecule has 5 heteroatoms. The van der Waals surface area contributed by atoms with Crippen molar-refractivity contribution >= 4 is 0 Å². The molecule has 0 unspecified atom stereocenters. The number of nitrogens with one attached hydrogen (secondary N) is 1. The Balaban J connectivity index is 1.79. The summed E-state index contributed by atoms with van der Waals surface area (Å²) in [7, 11) is 0. The Hall–Kier alpha value is -1.10. The van der Waals surface area contributed by atoms with Crippen LogP contribution in [0, 0.1) is 11.7 Å². The average molecular weight is 303 g/mol. The molecule has 0 radical (unpaired) electrons. The van der Waals surface area contributed by atoms with Gasteiger partial charge in [-0.2, -0.15) is 13.2 Å². The maximum absolute atomic E-state index is 13.0. The van der Waals surface area contributed by atoms with Gasteiger partial charge in [-0.25, -0.2) is 4.39 Å². The Kier molecular flexibility index (Phi) is 5.62. The number of halogens is 4. The van der Waals surface area contributed by atoms with Crippen LogP contribution in [0.2, 0.25) is 0 Å². The van der Waals surface area contributed by atoms with Crippen LogP contribution in [0.25, 0.3) is 0 Å². The highest BCUT2D eigenvalue weighted by Gasteiger charge is 2.33. The first-order valence-electron chi connectivity index (χ1n) is 7.53. The van der Waals surface area contributed by atoms with E-state index in [1.165, 1.54) is 31.7 Å². The van der Waals surface area contributed by atoms with Crippen molar-refractivity contribution in [2.24, 2.45) is 5.92 Å². The topological polar surface area (TPSA) is 12.0 Å². The number of benzene rings is 1. The van der Waals surface area contributed by atoms with E-state index in [4.69, 9.17) is 0 Å². The number of hydrogen-bond donors (Lipinski definition) is 1. The van der Waals surface area contributed by atoms with Crippen molar-refractivity contribution in [2.45, 2.75) is 51.2 Å². The molecule has 1 aromatic rings. The monoisotopic (exact) mass is 303 g/mol. The van der Waals surface area contributed by atoms with Gasteiger partial charge in [0.05, 0.1) is 5.56 Å². The first-order chi connectivity index (χ1) is 9.97. The fraction of sp³-hybridized carbons (Fsp3) is 0.625. The molecular weight excluding hydrogens is 282 g/mol. The van der Waals surface area contributed by atoms with Gasteiger partial charge in [0.1, 0.15) is 5.82 Å². The second kappa shape index (κ2) is 7.25. The lowest BCUT2D eigenvalue weighted by atomic mass is 10.0. The van der Waals surface area contributed by atoms with Crippen LogP contribution in [0.3, 0.4) is 0 Å². The van der Waals surface area contributed by atoms with Gasteiger partial charge in [-0.3, -0.25) is 0 Å². The molecule has 1 saturated carbocycles. The number of alkyl halides is 3. The minimum atomic E-state index is -4.51. The molecular formula is C16H21F4N. The van der Waals surface area contributed by atoms with Crippen LogP contribution >= 0.6 is 0 Å². The standard InChI is InChI=1S/C16H21F4N/c17-14-8-7-13(15(10-14)16(18,19)20)11-21-9-3-6-12-4-1-2-5-12/h7-8,10,12,21H,1-6,9,11H2. The van der Waals surface area contributed by atoms with E-state index in [0.717, 1.165) is 24.8 Å². The van der Waals surface area contributed by atoms with Gasteiger partial charge < -0.3 is 5.32 Å². The maximum atomic E-state index is 13.0. The normalized spacial score (nSPS) is 16.6. The van der Waals surface area contributed by atoms with Crippen LogP contribution in [0.5, 0.6) is 0 Å². The third kappa shape index (κ3) is 4.99. The second-order valence-electron chi connectivity index (χ2n) is 5.77. The van der Waals surface area contributed by atoms with Gasteiger partial charge in [-0.1, -0.05) is 31.7 Å². The Morgan fingerprint density at radius 2 is 1.86 bits per heavy atom. The van der Waals surface area contributed by atoms with E-state index in [1.54, 1.807) is 0 Å². The molecule has 0 atom stereocenters. The largest absolute Gasteiger partial charge is 0.416 e.